The summed E-state index contributed by atoms with van der Waals surface area (Å²) in [6, 6.07) is 0. The summed E-state index contributed by atoms with van der Waals surface area (Å²) in [5.74, 6) is 0. The summed E-state index contributed by atoms with van der Waals surface area (Å²) >= 11 is 0. The Bertz CT molecular complexity index is 3780. The van der Waals surface area contributed by atoms with Crippen LogP contribution in [0.5, 0.6) is 0 Å². The molecule has 63 atom stereocenters. The number of hydrogen-bond donors (Lipinski definition) is 33. The predicted octanol–water partition coefficient (Wildman–Crippen LogP) is -24.6. The van der Waals surface area contributed by atoms with Gasteiger partial charge in [0.2, 0.25) is 0 Å². The SMILES string of the molecule is OC[C@@H]1O[C@@H](O[C@@H]2C(O)[C@H](O[C@@H]3CO[C@H](O[C@@H]4CO[C@H](O[C@@H]5CO[C@H](O[C@@H]6CO[C@H](O[C@@H]7CO[C@H](O[C@@H]8CO[C@H](O[C@@H]9CO[C@H](O[C@@H]%10CO[C@H](O[C@@H]%11CO[C@H](O[C@@H]%12CO[C@H](O[C@@H]%13CO[C@H](O[C@@H]%14CO[C@@H](O[C@@H]%15CO[C@@H](O)C(O)[C@H]%15O)C(O)[C@H]%14O)C(O)[C@H]%13O)C(O)[C@H]%12O)C(O)[C@H]%11O)C(O)[C@H]%10O)C(O)[C@H]9O)C(O)[C@H]8O)C(O)[C@H]7O)C(O)[C@H]6O)C(O)[C@H]5O)C(O)[C@H]4O)C(O)[C@H]3O)OC[C@H]2O[C@@H]2OC[C@@H](O)[C@H](O)C2O)C[C@@H]1O. The van der Waals surface area contributed by atoms with Gasteiger partial charge in [-0.05, 0) is 0 Å². The van der Waals surface area contributed by atoms with Gasteiger partial charge in [-0.1, -0.05) is 0 Å². The maximum Gasteiger partial charge on any atom is 0.186 e. The van der Waals surface area contributed by atoms with E-state index < -0.39 is 493 Å². The van der Waals surface area contributed by atoms with Crippen molar-refractivity contribution in [3.05, 3.63) is 0 Å². The molecule has 33 N–H and O–H groups in total. The molecule has 16 aliphatic rings. The van der Waals surface area contributed by atoms with Crippen molar-refractivity contribution in [3.63, 3.8) is 0 Å². The number of rotatable bonds is 31. The fourth-order valence-corrected chi connectivity index (χ4v) is 18.6. The van der Waals surface area contributed by atoms with Crippen molar-refractivity contribution in [1.29, 1.82) is 0 Å². The molecule has 0 aromatic heterocycles. The van der Waals surface area contributed by atoms with Crippen LogP contribution in [0.3, 0.4) is 0 Å². The lowest BCUT2D eigenvalue weighted by atomic mass is 10.0. The van der Waals surface area contributed by atoms with Crippen LogP contribution in [0.2, 0.25) is 0 Å². The van der Waals surface area contributed by atoms with Crippen LogP contribution in [0.15, 0.2) is 0 Å². The summed E-state index contributed by atoms with van der Waals surface area (Å²) in [6.07, 6.45) is -108. The van der Waals surface area contributed by atoms with E-state index in [2.05, 4.69) is 0 Å². The Balaban J connectivity index is 0.408. The maximum absolute atomic E-state index is 11.6. The van der Waals surface area contributed by atoms with Crippen LogP contribution in [-0.2, 0) is 147 Å². The van der Waals surface area contributed by atoms with Crippen molar-refractivity contribution in [2.24, 2.45) is 0 Å². The Morgan fingerprint density at radius 2 is 0.312 bits per heavy atom. The lowest BCUT2D eigenvalue weighted by molar-refractivity contribution is -0.372. The van der Waals surface area contributed by atoms with E-state index in [9.17, 15) is 169 Å². The number of hydrogen-bond acceptors (Lipinski definition) is 64. The molecular formula is C80H130O64. The molecule has 144 heavy (non-hydrogen) atoms. The molecule has 16 rings (SSSR count). The molecule has 0 bridgehead atoms. The van der Waals surface area contributed by atoms with Gasteiger partial charge in [-0.15, -0.1) is 0 Å². The molecular weight excluding hydrogens is 1980 g/mol. The van der Waals surface area contributed by atoms with Gasteiger partial charge in [-0.2, -0.15) is 0 Å². The minimum Gasteiger partial charge on any atom is -0.394 e. The topological polar surface area (TPSA) is 954 Å². The van der Waals surface area contributed by atoms with Crippen LogP contribution in [-0.4, -0.2) is 662 Å². The van der Waals surface area contributed by atoms with Gasteiger partial charge in [0.15, 0.2) is 101 Å². The quantitative estimate of drug-likeness (QED) is 0.0306. The summed E-state index contributed by atoms with van der Waals surface area (Å²) in [7, 11) is 0. The van der Waals surface area contributed by atoms with Gasteiger partial charge in [0.25, 0.3) is 0 Å². The minimum atomic E-state index is -2.00. The van der Waals surface area contributed by atoms with Crippen LogP contribution in [0.25, 0.3) is 0 Å². The van der Waals surface area contributed by atoms with Gasteiger partial charge in [0.1, 0.15) is 281 Å². The van der Waals surface area contributed by atoms with E-state index in [0.717, 1.165) is 0 Å². The molecule has 16 heterocycles. The van der Waals surface area contributed by atoms with E-state index in [1.54, 1.807) is 0 Å². The summed E-state index contributed by atoms with van der Waals surface area (Å²) in [5, 5.41) is 359. The smallest absolute Gasteiger partial charge is 0.186 e. The van der Waals surface area contributed by atoms with Crippen molar-refractivity contribution >= 4 is 0 Å². The average Bonchev–Trinajstić information content (AvgIpc) is 0.927. The first-order chi connectivity index (χ1) is 68.6. The molecule has 0 spiro atoms. The van der Waals surface area contributed by atoms with E-state index in [0.29, 0.717) is 0 Å². The van der Waals surface area contributed by atoms with E-state index in [-0.39, 0.29) is 6.42 Å². The molecule has 0 radical (unpaired) electrons. The Morgan fingerprint density at radius 1 is 0.153 bits per heavy atom. The van der Waals surface area contributed by atoms with E-state index in [4.69, 9.17) is 147 Å². The van der Waals surface area contributed by atoms with E-state index >= 15 is 0 Å². The second-order valence-corrected chi connectivity index (χ2v) is 37.5. The molecule has 0 amide bonds. The van der Waals surface area contributed by atoms with Gasteiger partial charge < -0.3 is 315 Å². The van der Waals surface area contributed by atoms with Crippen LogP contribution in [0.4, 0.5) is 0 Å². The third-order valence-electron chi connectivity index (χ3n) is 27.5. The predicted molar refractivity (Wildman–Crippen MR) is 428 cm³/mol. The lowest BCUT2D eigenvalue weighted by Gasteiger charge is -2.46. The third-order valence-corrected chi connectivity index (χ3v) is 27.5. The summed E-state index contributed by atoms with van der Waals surface area (Å²) in [6.45, 7) is -9.08. The fraction of sp³-hybridized carbons (Fsp3) is 1.00. The first-order valence-electron chi connectivity index (χ1n) is 46.7. The summed E-state index contributed by atoms with van der Waals surface area (Å²) < 4.78 is 174. The monoisotopic (exact) mass is 2110 g/mol. The highest BCUT2D eigenvalue weighted by Gasteiger charge is 2.60. The molecule has 16 aliphatic heterocycles. The highest BCUT2D eigenvalue weighted by Crippen LogP contribution is 2.40. The Labute approximate surface area is 812 Å². The van der Waals surface area contributed by atoms with Crippen molar-refractivity contribution in [3.8, 4) is 0 Å². The third kappa shape index (κ3) is 25.1. The molecule has 15 unspecified atom stereocenters. The van der Waals surface area contributed by atoms with E-state index in [1.807, 2.05) is 0 Å². The number of aliphatic hydroxyl groups excluding tert-OH is 33. The first-order valence-corrected chi connectivity index (χ1v) is 46.7. The summed E-state index contributed by atoms with van der Waals surface area (Å²) in [5.41, 5.74) is 0. The molecule has 64 heteroatoms. The molecule has 0 aromatic carbocycles. The molecule has 16 fully saturated rings. The molecule has 16 saturated heterocycles. The Morgan fingerprint density at radius 3 is 0.507 bits per heavy atom. The van der Waals surface area contributed by atoms with Crippen molar-refractivity contribution in [2.45, 2.75) is 394 Å². The Kier molecular flexibility index (Phi) is 39.3. The zero-order chi connectivity index (χ0) is 103. The van der Waals surface area contributed by atoms with Gasteiger partial charge in [0.05, 0.1) is 112 Å². The van der Waals surface area contributed by atoms with Gasteiger partial charge >= 0.3 is 0 Å². The zero-order valence-electron chi connectivity index (χ0n) is 75.8. The normalized spacial score (nSPS) is 54.6. The molecule has 0 saturated carbocycles. The van der Waals surface area contributed by atoms with Crippen LogP contribution in [0, 0.1) is 0 Å². The van der Waals surface area contributed by atoms with Gasteiger partial charge in [0, 0.05) is 6.42 Å². The fourth-order valence-electron chi connectivity index (χ4n) is 18.6. The summed E-state index contributed by atoms with van der Waals surface area (Å²) in [4.78, 5) is 0. The van der Waals surface area contributed by atoms with Crippen LogP contribution < -0.4 is 0 Å². The first kappa shape index (κ1) is 114. The second kappa shape index (κ2) is 49.7. The van der Waals surface area contributed by atoms with Crippen molar-refractivity contribution in [2.75, 3.05) is 106 Å². The van der Waals surface area contributed by atoms with Crippen LogP contribution in [0.1, 0.15) is 6.42 Å². The van der Waals surface area contributed by atoms with E-state index in [1.165, 1.54) is 0 Å². The van der Waals surface area contributed by atoms with Crippen molar-refractivity contribution < 1.29 is 315 Å². The largest absolute Gasteiger partial charge is 0.394 e. The zero-order valence-corrected chi connectivity index (χ0v) is 75.8. The van der Waals surface area contributed by atoms with Gasteiger partial charge in [-0.3, -0.25) is 0 Å². The maximum atomic E-state index is 11.6. The molecule has 834 valence electrons. The molecule has 64 nitrogen and oxygen atoms in total. The average molecular weight is 2120 g/mol. The second-order valence-electron chi connectivity index (χ2n) is 37.5. The molecule has 0 aliphatic carbocycles. The molecule has 0 aromatic rings. The number of aliphatic hydroxyl groups is 33. The lowest BCUT2D eigenvalue weighted by Crippen LogP contribution is -2.64. The Hall–Kier alpha value is -2.56. The van der Waals surface area contributed by atoms with Crippen LogP contribution >= 0.6 is 0 Å². The standard InChI is InChI=1S/C80H130O64/c81-2-20-18(82)1-35(129-20)144-65-34(143-67-51(99)36(84)19(83)3-115-67)17-128-80(64(65)112)142-33-16-127-79(63(111)49(33)97)141-32-15-126-78(62(110)48(32)96)140-31-14-125-77(61(109)47(31)95)139-30-13-124-76(60(108)46(30)94)138-29-12-123-75(59(107)45(29)93)137-28-11-122-74(58(106)44(28)92)136-27-10-121-73(57(105)43(27)91)135-26-9-120-72(56(104)42(26)90)134-25-8-119-71(55(103)41(25)89)133-24-7-118-70(54(102)40(24)88)132-23-6-117-69(53(101)39(23)87)131-22-5-116-68(52(100)38(22)86)130-21-4-114-66(113)50(98)37(21)85/h18-113H,1-17H2/t18-,19+,20-,21+,22+,23+,24+,25+,26+,27+,28+,29+,30+,31+,32+,33+,34+,35-,36-,37-,38-,39-,40-,41-,42-,43-,44-,45-,46-,47-,48-,49-,50?,51?,52?,53?,54?,55?,56?,57?,58?,59?,60?,61?,62?,63?,64?,65-,66+,67-,68-,69+,70+,71+,72+,73+,74+,75+,76+,77+,78+,79+,80-/m0/s1. The highest BCUT2D eigenvalue weighted by atomic mass is 16.8. The van der Waals surface area contributed by atoms with Crippen molar-refractivity contribution in [1.82, 2.24) is 0 Å². The highest BCUT2D eigenvalue weighted by molar-refractivity contribution is 5.01. The minimum absolute atomic E-state index is 0.176. The number of ether oxygens (including phenoxy) is 31. The van der Waals surface area contributed by atoms with Gasteiger partial charge in [-0.25, -0.2) is 0 Å².